The first-order chi connectivity index (χ1) is 11.5. The number of halogens is 3. The van der Waals surface area contributed by atoms with Crippen LogP contribution < -0.4 is 5.32 Å². The van der Waals surface area contributed by atoms with Crippen LogP contribution in [-0.2, 0) is 24.3 Å². The SMILES string of the molecule is FC(F)(F)COCc1cccc(CNC2CCCc3occc32)c1. The number of rotatable bonds is 6. The smallest absolute Gasteiger partial charge is 0.411 e. The number of ether oxygens (including phenoxy) is 1. The molecule has 6 heteroatoms. The predicted octanol–water partition coefficient (Wildman–Crippen LogP) is 4.53. The predicted molar refractivity (Wildman–Crippen MR) is 83.4 cm³/mol. The van der Waals surface area contributed by atoms with Gasteiger partial charge in [-0.25, -0.2) is 0 Å². The molecule has 0 bridgehead atoms. The zero-order valence-corrected chi connectivity index (χ0v) is 13.2. The number of furan rings is 1. The summed E-state index contributed by atoms with van der Waals surface area (Å²) in [5.41, 5.74) is 2.98. The Kier molecular flexibility index (Phi) is 5.26. The Morgan fingerprint density at radius 2 is 2.04 bits per heavy atom. The largest absolute Gasteiger partial charge is 0.469 e. The fourth-order valence-electron chi connectivity index (χ4n) is 3.05. The molecule has 3 rings (SSSR count). The maximum Gasteiger partial charge on any atom is 0.411 e. The Balaban J connectivity index is 1.54. The van der Waals surface area contributed by atoms with Gasteiger partial charge < -0.3 is 14.5 Å². The van der Waals surface area contributed by atoms with Gasteiger partial charge in [-0.2, -0.15) is 13.2 Å². The molecule has 3 nitrogen and oxygen atoms in total. The lowest BCUT2D eigenvalue weighted by molar-refractivity contribution is -0.176. The third-order valence-electron chi connectivity index (χ3n) is 4.13. The minimum Gasteiger partial charge on any atom is -0.469 e. The van der Waals surface area contributed by atoms with Gasteiger partial charge in [0, 0.05) is 24.6 Å². The summed E-state index contributed by atoms with van der Waals surface area (Å²) in [7, 11) is 0. The molecule has 0 saturated carbocycles. The topological polar surface area (TPSA) is 34.4 Å². The van der Waals surface area contributed by atoms with E-state index < -0.39 is 12.8 Å². The van der Waals surface area contributed by atoms with E-state index in [1.165, 1.54) is 5.56 Å². The van der Waals surface area contributed by atoms with Crippen molar-refractivity contribution in [1.82, 2.24) is 5.32 Å². The van der Waals surface area contributed by atoms with Crippen molar-refractivity contribution in [1.29, 1.82) is 0 Å². The molecule has 1 N–H and O–H groups in total. The van der Waals surface area contributed by atoms with Crippen LogP contribution in [-0.4, -0.2) is 12.8 Å². The highest BCUT2D eigenvalue weighted by molar-refractivity contribution is 5.26. The molecule has 0 saturated heterocycles. The van der Waals surface area contributed by atoms with Gasteiger partial charge in [0.05, 0.1) is 12.9 Å². The van der Waals surface area contributed by atoms with Gasteiger partial charge in [0.15, 0.2) is 0 Å². The van der Waals surface area contributed by atoms with E-state index in [0.29, 0.717) is 6.54 Å². The summed E-state index contributed by atoms with van der Waals surface area (Å²) in [5.74, 6) is 1.05. The summed E-state index contributed by atoms with van der Waals surface area (Å²) >= 11 is 0. The second-order valence-electron chi connectivity index (χ2n) is 6.05. The van der Waals surface area contributed by atoms with Crippen molar-refractivity contribution in [2.24, 2.45) is 0 Å². The van der Waals surface area contributed by atoms with Gasteiger partial charge in [-0.3, -0.25) is 0 Å². The van der Waals surface area contributed by atoms with Gasteiger partial charge in [0.25, 0.3) is 0 Å². The van der Waals surface area contributed by atoms with E-state index in [-0.39, 0.29) is 12.6 Å². The molecule has 130 valence electrons. The molecule has 1 aromatic heterocycles. The summed E-state index contributed by atoms with van der Waals surface area (Å²) in [5, 5.41) is 3.51. The summed E-state index contributed by atoms with van der Waals surface area (Å²) in [4.78, 5) is 0. The molecule has 0 amide bonds. The number of hydrogen-bond donors (Lipinski definition) is 1. The Labute approximate surface area is 138 Å². The lowest BCUT2D eigenvalue weighted by atomic mass is 9.93. The van der Waals surface area contributed by atoms with Crippen LogP contribution in [0.1, 0.15) is 41.3 Å². The van der Waals surface area contributed by atoms with Crippen molar-refractivity contribution >= 4 is 0 Å². The molecule has 0 fully saturated rings. The van der Waals surface area contributed by atoms with Gasteiger partial charge in [-0.15, -0.1) is 0 Å². The first-order valence-electron chi connectivity index (χ1n) is 8.03. The fourth-order valence-corrected chi connectivity index (χ4v) is 3.05. The van der Waals surface area contributed by atoms with E-state index in [2.05, 4.69) is 5.32 Å². The summed E-state index contributed by atoms with van der Waals surface area (Å²) in [6, 6.07) is 9.72. The number of hydrogen-bond acceptors (Lipinski definition) is 3. The van der Waals surface area contributed by atoms with Crippen molar-refractivity contribution in [3.63, 3.8) is 0 Å². The molecule has 1 aliphatic rings. The fraction of sp³-hybridized carbons (Fsp3) is 0.444. The van der Waals surface area contributed by atoms with Crippen LogP contribution in [0.15, 0.2) is 41.0 Å². The van der Waals surface area contributed by atoms with E-state index in [9.17, 15) is 13.2 Å². The number of aryl methyl sites for hydroxylation is 1. The van der Waals surface area contributed by atoms with Crippen LogP contribution in [0.25, 0.3) is 0 Å². The third-order valence-corrected chi connectivity index (χ3v) is 4.13. The Morgan fingerprint density at radius 1 is 1.21 bits per heavy atom. The van der Waals surface area contributed by atoms with Crippen LogP contribution in [0.3, 0.4) is 0 Å². The summed E-state index contributed by atoms with van der Waals surface area (Å²) in [6.45, 7) is -0.605. The standard InChI is InChI=1S/C18H20F3NO2/c19-18(20,21)12-23-11-14-4-1-3-13(9-14)10-22-16-5-2-6-17-15(16)7-8-24-17/h1,3-4,7-9,16,22H,2,5-6,10-12H2. The van der Waals surface area contributed by atoms with Crippen molar-refractivity contribution in [2.45, 2.75) is 44.6 Å². The molecule has 2 aromatic rings. The van der Waals surface area contributed by atoms with Crippen LogP contribution in [0.4, 0.5) is 13.2 Å². The van der Waals surface area contributed by atoms with E-state index in [1.54, 1.807) is 12.3 Å². The molecular formula is C18H20F3NO2. The molecule has 0 radical (unpaired) electrons. The zero-order chi connectivity index (χ0) is 17.0. The zero-order valence-electron chi connectivity index (χ0n) is 13.2. The van der Waals surface area contributed by atoms with Crippen LogP contribution in [0.2, 0.25) is 0 Å². The molecule has 24 heavy (non-hydrogen) atoms. The van der Waals surface area contributed by atoms with Crippen molar-refractivity contribution in [3.8, 4) is 0 Å². The minimum atomic E-state index is -4.29. The van der Waals surface area contributed by atoms with Gasteiger partial charge in [0.2, 0.25) is 0 Å². The van der Waals surface area contributed by atoms with Gasteiger partial charge in [0.1, 0.15) is 12.4 Å². The van der Waals surface area contributed by atoms with Crippen molar-refractivity contribution in [2.75, 3.05) is 6.61 Å². The summed E-state index contributed by atoms with van der Waals surface area (Å²) < 4.78 is 46.5. The molecule has 1 unspecified atom stereocenters. The number of nitrogens with one attached hydrogen (secondary N) is 1. The van der Waals surface area contributed by atoms with Gasteiger partial charge in [-0.1, -0.05) is 24.3 Å². The Hall–Kier alpha value is -1.79. The van der Waals surface area contributed by atoms with Crippen LogP contribution in [0.5, 0.6) is 0 Å². The highest BCUT2D eigenvalue weighted by atomic mass is 19.4. The number of fused-ring (bicyclic) bond motifs is 1. The molecule has 1 aliphatic carbocycles. The van der Waals surface area contributed by atoms with E-state index in [1.807, 2.05) is 24.3 Å². The number of benzene rings is 1. The minimum absolute atomic E-state index is 0.0390. The normalized spacial score (nSPS) is 17.7. The van der Waals surface area contributed by atoms with E-state index in [4.69, 9.17) is 9.15 Å². The van der Waals surface area contributed by atoms with Crippen molar-refractivity contribution < 1.29 is 22.3 Å². The second-order valence-corrected chi connectivity index (χ2v) is 6.05. The molecular weight excluding hydrogens is 319 g/mol. The van der Waals surface area contributed by atoms with E-state index in [0.717, 1.165) is 36.1 Å². The molecule has 1 atom stereocenters. The lowest BCUT2D eigenvalue weighted by Gasteiger charge is -2.23. The lowest BCUT2D eigenvalue weighted by Crippen LogP contribution is -2.24. The third kappa shape index (κ3) is 4.61. The quantitative estimate of drug-likeness (QED) is 0.840. The highest BCUT2D eigenvalue weighted by Gasteiger charge is 2.27. The maximum absolute atomic E-state index is 12.1. The molecule has 0 spiro atoms. The first-order valence-corrected chi connectivity index (χ1v) is 8.03. The summed E-state index contributed by atoms with van der Waals surface area (Å²) in [6.07, 6.45) is 0.558. The average molecular weight is 339 g/mol. The molecule has 1 heterocycles. The van der Waals surface area contributed by atoms with E-state index >= 15 is 0 Å². The first kappa shape index (κ1) is 17.0. The molecule has 0 aliphatic heterocycles. The van der Waals surface area contributed by atoms with Crippen LogP contribution >= 0.6 is 0 Å². The Morgan fingerprint density at radius 3 is 2.88 bits per heavy atom. The monoisotopic (exact) mass is 339 g/mol. The van der Waals surface area contributed by atoms with Gasteiger partial charge >= 0.3 is 6.18 Å². The maximum atomic E-state index is 12.1. The van der Waals surface area contributed by atoms with Crippen LogP contribution in [0, 0.1) is 0 Å². The number of alkyl halides is 3. The molecule has 1 aromatic carbocycles. The van der Waals surface area contributed by atoms with Gasteiger partial charge in [-0.05, 0) is 30.0 Å². The van der Waals surface area contributed by atoms with Crippen molar-refractivity contribution in [3.05, 3.63) is 59.0 Å². The Bertz CT molecular complexity index is 666. The average Bonchev–Trinajstić information content (AvgIpc) is 3.01. The second kappa shape index (κ2) is 7.40. The highest BCUT2D eigenvalue weighted by Crippen LogP contribution is 2.30.